The maximum absolute atomic E-state index is 14.3. The van der Waals surface area contributed by atoms with Crippen molar-refractivity contribution >= 4 is 83.2 Å². The zero-order valence-electron chi connectivity index (χ0n) is 39.5. The Morgan fingerprint density at radius 1 is 1.12 bits per heavy atom. The van der Waals surface area contributed by atoms with Crippen LogP contribution in [-0.2, 0) is 54.2 Å². The van der Waals surface area contributed by atoms with Crippen LogP contribution in [0.1, 0.15) is 95.0 Å². The molecule has 0 aromatic heterocycles. The number of hydrogen-bond donors (Lipinski definition) is 3. The number of likely N-dealkylation sites (N-methyl/N-ethyl adjacent to an activating group) is 1. The molecule has 1 aromatic rings. The summed E-state index contributed by atoms with van der Waals surface area (Å²) in [6.45, 7) is 6.92. The summed E-state index contributed by atoms with van der Waals surface area (Å²) in [4.78, 5) is 121. The first-order chi connectivity index (χ1) is 32.1. The van der Waals surface area contributed by atoms with Gasteiger partial charge >= 0.3 is 12.1 Å². The Morgan fingerprint density at radius 3 is 2.49 bits per heavy atom. The summed E-state index contributed by atoms with van der Waals surface area (Å²) < 4.78 is 18.0. The molecule has 1 aromatic carbocycles. The highest BCUT2D eigenvalue weighted by atomic mass is 35.5. The van der Waals surface area contributed by atoms with Gasteiger partial charge in [0.25, 0.3) is 0 Å². The topological polar surface area (TPSA) is 239 Å². The number of ether oxygens (including phenoxy) is 3. The first-order valence-electron chi connectivity index (χ1n) is 23.0. The molecule has 370 valence electrons. The average Bonchev–Trinajstić information content (AvgIpc) is 3.94. The van der Waals surface area contributed by atoms with Gasteiger partial charge in [-0.1, -0.05) is 42.3 Å². The third-order valence-electron chi connectivity index (χ3n) is 14.2. The lowest BCUT2D eigenvalue weighted by molar-refractivity contribution is -0.162. The van der Waals surface area contributed by atoms with Crippen LogP contribution in [0.25, 0.3) is 0 Å². The molecular weight excluding hydrogens is 922 g/mol. The van der Waals surface area contributed by atoms with Crippen molar-refractivity contribution in [2.24, 2.45) is 23.7 Å². The summed E-state index contributed by atoms with van der Waals surface area (Å²) in [5.41, 5.74) is -1.64. The molecule has 0 spiro atoms. The minimum Gasteiger partial charge on any atom is -0.457 e. The number of hydrogen-bond acceptors (Lipinski definition) is 14. The number of aliphatic hydroxyl groups is 1. The third-order valence-corrected chi connectivity index (χ3v) is 15.9. The number of carbonyl (C=O) groups is 9. The number of imide groups is 1. The van der Waals surface area contributed by atoms with Crippen LogP contribution in [0.4, 0.5) is 10.5 Å². The van der Waals surface area contributed by atoms with E-state index in [9.17, 15) is 48.3 Å². The Balaban J connectivity index is 1.15. The largest absolute Gasteiger partial charge is 0.457 e. The van der Waals surface area contributed by atoms with Gasteiger partial charge in [-0.15, -0.1) is 11.8 Å². The van der Waals surface area contributed by atoms with Gasteiger partial charge in [0.1, 0.15) is 30.1 Å². The fourth-order valence-corrected chi connectivity index (χ4v) is 11.0. The van der Waals surface area contributed by atoms with E-state index in [0.29, 0.717) is 43.9 Å². The number of esters is 1. The van der Waals surface area contributed by atoms with Crippen LogP contribution in [0.3, 0.4) is 0 Å². The molecule has 20 heteroatoms. The normalized spacial score (nSPS) is 32.6. The van der Waals surface area contributed by atoms with Crippen LogP contribution < -0.4 is 15.5 Å². The van der Waals surface area contributed by atoms with Crippen LogP contribution in [0.15, 0.2) is 35.9 Å². The predicted molar refractivity (Wildman–Crippen MR) is 250 cm³/mol. The van der Waals surface area contributed by atoms with Crippen LogP contribution in [-0.4, -0.2) is 143 Å². The van der Waals surface area contributed by atoms with Crippen molar-refractivity contribution in [2.45, 2.75) is 126 Å². The van der Waals surface area contributed by atoms with E-state index in [1.54, 1.807) is 45.2 Å². The van der Waals surface area contributed by atoms with E-state index in [1.807, 2.05) is 6.92 Å². The van der Waals surface area contributed by atoms with Crippen molar-refractivity contribution in [3.05, 3.63) is 52.1 Å². The summed E-state index contributed by atoms with van der Waals surface area (Å²) in [6.07, 6.45) is 4.26. The molecule has 1 saturated carbocycles. The van der Waals surface area contributed by atoms with E-state index in [1.165, 1.54) is 53.6 Å². The quantitative estimate of drug-likeness (QED) is 0.117. The molecule has 4 heterocycles. The molecular formula is C48H62ClN5O13S. The van der Waals surface area contributed by atoms with E-state index < -0.39 is 83.1 Å². The zero-order valence-corrected chi connectivity index (χ0v) is 41.1. The molecule has 18 nitrogen and oxygen atoms in total. The maximum atomic E-state index is 14.3. The second-order valence-corrected chi connectivity index (χ2v) is 20.6. The second-order valence-electron chi connectivity index (χ2n) is 18.9. The Morgan fingerprint density at radius 2 is 1.82 bits per heavy atom. The number of likely N-dealkylation sites (tertiary alicyclic amines) is 1. The summed E-state index contributed by atoms with van der Waals surface area (Å²) in [5.74, 6) is -4.03. The number of benzene rings is 1. The number of aldehydes is 2. The van der Waals surface area contributed by atoms with Crippen LogP contribution in [0.5, 0.6) is 0 Å². The van der Waals surface area contributed by atoms with Crippen molar-refractivity contribution in [2.75, 3.05) is 38.3 Å². The Labute approximate surface area is 405 Å². The lowest BCUT2D eigenvalue weighted by atomic mass is 9.81. The lowest BCUT2D eigenvalue weighted by Gasteiger charge is -2.41. The predicted octanol–water partition coefficient (Wildman–Crippen LogP) is 3.92. The number of epoxide rings is 1. The monoisotopic (exact) mass is 983 g/mol. The third kappa shape index (κ3) is 11.5. The highest BCUT2D eigenvalue weighted by molar-refractivity contribution is 8.00. The summed E-state index contributed by atoms with van der Waals surface area (Å²) >= 11 is 7.89. The van der Waals surface area contributed by atoms with Crippen LogP contribution >= 0.6 is 23.4 Å². The van der Waals surface area contributed by atoms with Crippen molar-refractivity contribution in [3.8, 4) is 0 Å². The molecule has 4 aliphatic heterocycles. The lowest BCUT2D eigenvalue weighted by Crippen LogP contribution is -2.61. The smallest absolute Gasteiger partial charge is 0.409 e. The maximum Gasteiger partial charge on any atom is 0.409 e. The molecule has 68 heavy (non-hydrogen) atoms. The number of halogens is 1. The number of rotatable bonds is 12. The summed E-state index contributed by atoms with van der Waals surface area (Å²) in [5, 5.41) is 16.2. The van der Waals surface area contributed by atoms with E-state index in [2.05, 4.69) is 10.6 Å². The number of fused-ring (bicyclic) bond motifs is 5. The highest BCUT2D eigenvalue weighted by Crippen LogP contribution is 2.49. The summed E-state index contributed by atoms with van der Waals surface area (Å²) in [7, 11) is 4.51. The molecule has 1 aliphatic carbocycles. The molecule has 0 radical (unpaired) electrons. The van der Waals surface area contributed by atoms with Gasteiger partial charge in [-0.05, 0) is 76.5 Å². The number of carbonyl (C=O) groups excluding carboxylic acids is 9. The molecule has 4 bridgehead atoms. The number of anilines is 1. The number of amides is 6. The van der Waals surface area contributed by atoms with Gasteiger partial charge in [0.05, 0.1) is 34.4 Å². The van der Waals surface area contributed by atoms with Crippen molar-refractivity contribution in [3.63, 3.8) is 0 Å². The fraction of sp³-hybridized carbons (Fsp3) is 0.604. The molecule has 3 saturated heterocycles. The molecule has 6 amide bonds. The van der Waals surface area contributed by atoms with E-state index in [0.717, 1.165) is 18.4 Å². The number of alkyl carbamates (subject to hydrolysis) is 1. The van der Waals surface area contributed by atoms with Crippen LogP contribution in [0, 0.1) is 23.7 Å². The van der Waals surface area contributed by atoms with E-state index >= 15 is 0 Å². The minimum absolute atomic E-state index is 0.00402. The first-order valence-corrected chi connectivity index (χ1v) is 24.4. The number of nitrogens with one attached hydrogen (secondary N) is 2. The molecule has 9 atom stereocenters. The Kier molecular flexibility index (Phi) is 16.7. The van der Waals surface area contributed by atoms with Crippen molar-refractivity contribution < 1.29 is 62.5 Å². The number of thioether (sulfide) groups is 1. The minimum atomic E-state index is -2.04. The summed E-state index contributed by atoms with van der Waals surface area (Å²) in [6, 6.07) is 2.10. The van der Waals surface area contributed by atoms with Gasteiger partial charge in [0.2, 0.25) is 29.5 Å². The highest BCUT2D eigenvalue weighted by Gasteiger charge is 2.64. The molecule has 5 aliphatic rings. The first kappa shape index (κ1) is 52.3. The Bertz CT molecular complexity index is 2250. The fourth-order valence-electron chi connectivity index (χ4n) is 9.65. The number of nitrogens with zero attached hydrogens (tertiary/aromatic N) is 3. The number of allylic oxidation sites excluding steroid dienone is 3. The zero-order chi connectivity index (χ0) is 49.8. The molecule has 4 fully saturated rings. The van der Waals surface area contributed by atoms with Crippen molar-refractivity contribution in [1.29, 1.82) is 0 Å². The van der Waals surface area contributed by atoms with E-state index in [-0.39, 0.29) is 70.8 Å². The van der Waals surface area contributed by atoms with Crippen LogP contribution in [0.2, 0.25) is 5.02 Å². The molecule has 1 unspecified atom stereocenters. The van der Waals surface area contributed by atoms with Gasteiger partial charge in [-0.25, -0.2) is 9.59 Å². The van der Waals surface area contributed by atoms with Gasteiger partial charge in [0.15, 0.2) is 12.0 Å². The Hall–Kier alpha value is -5.11. The van der Waals surface area contributed by atoms with Crippen molar-refractivity contribution in [1.82, 2.24) is 20.4 Å². The van der Waals surface area contributed by atoms with Gasteiger partial charge in [0, 0.05) is 70.1 Å². The van der Waals surface area contributed by atoms with Gasteiger partial charge < -0.3 is 39.2 Å². The molecule has 3 N–H and O–H groups in total. The SMILES string of the molecule is CNC(=O)C1CCC(CN2C(=O)CC(SCCC(=O)N(C)[C@H](C)C(=O)O[C@H]3CC(=O)N(C)c4cc(cc(C=O)c4Cl)C/C(C)=C/C=C/[C@@H](C=O)[C@@]4(O)C[C@H](OC(=O)N4)[C@@H](C)[C@@H]4O[C@@]34C)C2=O)CC1. The van der Waals surface area contributed by atoms with Gasteiger partial charge in [-0.3, -0.25) is 39.0 Å². The standard InChI is InChI=1S/C48H62ClN5O13S/c1-26-9-8-10-33(25-56)48(64)22-35(65-46(63)51-48)27(2)42-47(4,67-42)37(21-39(58)53(7)34-19-30(17-26)18-32(24-55)41(34)49)66-45(62)28(3)52(6)38(57)15-16-68-36-20-40(59)54(44(36)61)23-29-11-13-31(14-12-29)43(60)50-5/h8-10,18-19,24-25,27-29,31,33,35-37,42,64H,11-17,20-23H2,1-7H3,(H,50,60)(H,51,63)/b10-8+,26-9+/t27-,28-,29?,31?,33+,35+,36?,37+,42+,47+,48+/m1/s1. The average molecular weight is 985 g/mol. The molecule has 6 rings (SSSR count). The van der Waals surface area contributed by atoms with E-state index in [4.69, 9.17) is 25.8 Å². The van der Waals surface area contributed by atoms with Gasteiger partial charge in [-0.2, -0.15) is 0 Å². The second kappa shape index (κ2) is 21.7.